The minimum atomic E-state index is -0.813. The number of ketones is 2. The lowest BCUT2D eigenvalue weighted by Crippen LogP contribution is -2.46. The quantitative estimate of drug-likeness (QED) is 0.590. The Kier molecular flexibility index (Phi) is 9.58. The van der Waals surface area contributed by atoms with Crippen LogP contribution in [0.2, 0.25) is 0 Å². The Hall–Kier alpha value is -3.48. The molecule has 1 heterocycles. The van der Waals surface area contributed by atoms with E-state index < -0.39 is 29.7 Å². The van der Waals surface area contributed by atoms with Crippen LogP contribution in [0.1, 0.15) is 49.8 Å². The number of benzene rings is 2. The van der Waals surface area contributed by atoms with Gasteiger partial charge in [0, 0.05) is 18.9 Å². The average Bonchev–Trinajstić information content (AvgIpc) is 2.85. The Morgan fingerprint density at radius 3 is 2.46 bits per heavy atom. The van der Waals surface area contributed by atoms with Gasteiger partial charge in [0.1, 0.15) is 6.61 Å². The van der Waals surface area contributed by atoms with Crippen LogP contribution in [0.15, 0.2) is 54.6 Å². The fraction of sp³-hybridized carbons (Fsp3) is 0.429. The van der Waals surface area contributed by atoms with E-state index in [2.05, 4.69) is 22.8 Å². The summed E-state index contributed by atoms with van der Waals surface area (Å²) in [6.45, 7) is 4.09. The van der Waals surface area contributed by atoms with Gasteiger partial charge in [-0.25, -0.2) is 4.79 Å². The molecule has 35 heavy (non-hydrogen) atoms. The molecule has 0 radical (unpaired) electrons. The molecule has 7 heteroatoms. The molecule has 2 aromatic carbocycles. The SMILES string of the molecule is CC(C)C(NC(=O)OCc1ccccc1)C(=O)CC1CCCc2cccc(c2)CCNC(=O)C1=O. The van der Waals surface area contributed by atoms with Gasteiger partial charge in [-0.2, -0.15) is 0 Å². The van der Waals surface area contributed by atoms with Crippen molar-refractivity contribution in [3.8, 4) is 0 Å². The molecular formula is C28H34N2O5. The average molecular weight is 479 g/mol. The molecule has 3 rings (SSSR count). The number of hydrogen-bond acceptors (Lipinski definition) is 5. The van der Waals surface area contributed by atoms with Gasteiger partial charge in [0.05, 0.1) is 6.04 Å². The molecule has 2 amide bonds. The fourth-order valence-electron chi connectivity index (χ4n) is 4.29. The number of Topliss-reactive ketones (excluding diaryl/α,β-unsaturated/α-hetero) is 2. The fourth-order valence-corrected chi connectivity index (χ4v) is 4.29. The van der Waals surface area contributed by atoms with E-state index in [4.69, 9.17) is 4.74 Å². The summed E-state index contributed by atoms with van der Waals surface area (Å²) < 4.78 is 5.27. The molecule has 0 saturated carbocycles. The van der Waals surface area contributed by atoms with E-state index in [0.717, 1.165) is 17.5 Å². The molecule has 1 aliphatic rings. The number of amides is 2. The molecule has 2 unspecified atom stereocenters. The zero-order valence-corrected chi connectivity index (χ0v) is 20.4. The van der Waals surface area contributed by atoms with Gasteiger partial charge in [-0.3, -0.25) is 14.4 Å². The lowest BCUT2D eigenvalue weighted by molar-refractivity contribution is -0.141. The van der Waals surface area contributed by atoms with Gasteiger partial charge < -0.3 is 15.4 Å². The Morgan fingerprint density at radius 1 is 1.03 bits per heavy atom. The first-order valence-electron chi connectivity index (χ1n) is 12.2. The first-order chi connectivity index (χ1) is 16.8. The second-order valence-electron chi connectivity index (χ2n) is 9.38. The van der Waals surface area contributed by atoms with Crippen LogP contribution in [0.5, 0.6) is 0 Å². The maximum Gasteiger partial charge on any atom is 0.408 e. The van der Waals surface area contributed by atoms with Crippen molar-refractivity contribution in [3.63, 3.8) is 0 Å². The highest BCUT2D eigenvalue weighted by Gasteiger charge is 2.32. The molecule has 0 saturated heterocycles. The highest BCUT2D eigenvalue weighted by Crippen LogP contribution is 2.20. The number of aryl methyl sites for hydroxylation is 1. The molecule has 0 spiro atoms. The molecule has 7 nitrogen and oxygen atoms in total. The number of carbonyl (C=O) groups excluding carboxylic acids is 4. The monoisotopic (exact) mass is 478 g/mol. The number of nitrogens with one attached hydrogen (secondary N) is 2. The van der Waals surface area contributed by atoms with Crippen molar-refractivity contribution >= 4 is 23.6 Å². The molecule has 0 aromatic heterocycles. The van der Waals surface area contributed by atoms with Gasteiger partial charge in [-0.15, -0.1) is 0 Å². The van der Waals surface area contributed by atoms with E-state index in [1.165, 1.54) is 5.56 Å². The third kappa shape index (κ3) is 8.05. The zero-order chi connectivity index (χ0) is 25.2. The number of carbonyl (C=O) groups is 4. The molecule has 2 N–H and O–H groups in total. The standard InChI is InChI=1S/C28H34N2O5/c1-19(2)25(30-28(34)35-18-22-8-4-3-5-9-22)24(31)17-23-13-7-12-20-10-6-11-21(16-20)14-15-29-27(33)26(23)32/h3-6,8-11,16,19,23,25H,7,12-15,17-18H2,1-2H3,(H,29,33)(H,30,34). The van der Waals surface area contributed by atoms with Crippen LogP contribution in [0.25, 0.3) is 0 Å². The lowest BCUT2D eigenvalue weighted by atomic mass is 9.86. The van der Waals surface area contributed by atoms with E-state index in [1.807, 2.05) is 56.3 Å². The minimum absolute atomic E-state index is 0.0914. The predicted octanol–water partition coefficient (Wildman–Crippen LogP) is 3.78. The van der Waals surface area contributed by atoms with Crippen molar-refractivity contribution in [2.45, 2.75) is 58.6 Å². The van der Waals surface area contributed by atoms with Crippen LogP contribution in [0.3, 0.4) is 0 Å². The van der Waals surface area contributed by atoms with Gasteiger partial charge in [0.25, 0.3) is 5.91 Å². The third-order valence-electron chi connectivity index (χ3n) is 6.25. The summed E-state index contributed by atoms with van der Waals surface area (Å²) in [6.07, 6.45) is 1.72. The smallest absolute Gasteiger partial charge is 0.408 e. The molecule has 2 bridgehead atoms. The van der Waals surface area contributed by atoms with Crippen LogP contribution in [0, 0.1) is 11.8 Å². The van der Waals surface area contributed by atoms with Crippen molar-refractivity contribution in [3.05, 3.63) is 71.3 Å². The zero-order valence-electron chi connectivity index (χ0n) is 20.4. The Morgan fingerprint density at radius 2 is 1.74 bits per heavy atom. The molecule has 0 aliphatic carbocycles. The Bertz CT molecular complexity index is 1030. The largest absolute Gasteiger partial charge is 0.445 e. The van der Waals surface area contributed by atoms with E-state index in [9.17, 15) is 19.2 Å². The van der Waals surface area contributed by atoms with Crippen molar-refractivity contribution < 1.29 is 23.9 Å². The van der Waals surface area contributed by atoms with Gasteiger partial charge >= 0.3 is 6.09 Å². The number of fused-ring (bicyclic) bond motifs is 2. The van der Waals surface area contributed by atoms with Crippen LogP contribution in [0.4, 0.5) is 4.79 Å². The molecule has 2 atom stereocenters. The summed E-state index contributed by atoms with van der Waals surface area (Å²) in [4.78, 5) is 50.9. The predicted molar refractivity (Wildman–Crippen MR) is 133 cm³/mol. The van der Waals surface area contributed by atoms with Crippen molar-refractivity contribution in [1.82, 2.24) is 10.6 Å². The molecule has 0 fully saturated rings. The maximum atomic E-state index is 13.2. The summed E-state index contributed by atoms with van der Waals surface area (Å²) in [6, 6.07) is 16.6. The maximum absolute atomic E-state index is 13.2. The van der Waals surface area contributed by atoms with E-state index >= 15 is 0 Å². The second-order valence-corrected chi connectivity index (χ2v) is 9.38. The molecule has 1 aliphatic heterocycles. The summed E-state index contributed by atoms with van der Waals surface area (Å²) in [5, 5.41) is 5.34. The summed E-state index contributed by atoms with van der Waals surface area (Å²) in [5.74, 6) is -2.44. The van der Waals surface area contributed by atoms with Crippen molar-refractivity contribution in [1.29, 1.82) is 0 Å². The first kappa shape index (κ1) is 26.1. The summed E-state index contributed by atoms with van der Waals surface area (Å²) in [7, 11) is 0. The lowest BCUT2D eigenvalue weighted by Gasteiger charge is -2.23. The number of alkyl carbamates (subject to hydrolysis) is 1. The van der Waals surface area contributed by atoms with Crippen LogP contribution in [-0.2, 0) is 38.6 Å². The van der Waals surface area contributed by atoms with Crippen molar-refractivity contribution in [2.75, 3.05) is 6.54 Å². The van der Waals surface area contributed by atoms with Gasteiger partial charge in [-0.05, 0) is 48.3 Å². The van der Waals surface area contributed by atoms with Crippen LogP contribution >= 0.6 is 0 Å². The normalized spacial score (nSPS) is 17.5. The highest BCUT2D eigenvalue weighted by atomic mass is 16.5. The van der Waals surface area contributed by atoms with E-state index in [-0.39, 0.29) is 24.7 Å². The Labute approximate surface area is 206 Å². The van der Waals surface area contributed by atoms with Crippen LogP contribution in [-0.4, -0.2) is 36.2 Å². The summed E-state index contributed by atoms with van der Waals surface area (Å²) in [5.41, 5.74) is 3.13. The van der Waals surface area contributed by atoms with Gasteiger partial charge in [-0.1, -0.05) is 68.4 Å². The Balaban J connectivity index is 1.63. The second kappa shape index (κ2) is 12.8. The third-order valence-corrected chi connectivity index (χ3v) is 6.25. The minimum Gasteiger partial charge on any atom is -0.445 e. The molecule has 186 valence electrons. The van der Waals surface area contributed by atoms with Gasteiger partial charge in [0.2, 0.25) is 5.78 Å². The first-order valence-corrected chi connectivity index (χ1v) is 12.2. The summed E-state index contributed by atoms with van der Waals surface area (Å²) >= 11 is 0. The van der Waals surface area contributed by atoms with Crippen molar-refractivity contribution in [2.24, 2.45) is 11.8 Å². The number of rotatable bonds is 7. The van der Waals surface area contributed by atoms with Gasteiger partial charge in [0.15, 0.2) is 5.78 Å². The van der Waals surface area contributed by atoms with E-state index in [1.54, 1.807) is 0 Å². The topological polar surface area (TPSA) is 102 Å². The number of hydrogen-bond donors (Lipinski definition) is 2. The van der Waals surface area contributed by atoms with Crippen LogP contribution < -0.4 is 10.6 Å². The molecular weight excluding hydrogens is 444 g/mol. The van der Waals surface area contributed by atoms with E-state index in [0.29, 0.717) is 25.8 Å². The highest BCUT2D eigenvalue weighted by molar-refractivity contribution is 6.37. The number of ether oxygens (including phenoxy) is 1. The molecule has 2 aromatic rings.